The van der Waals surface area contributed by atoms with Gasteiger partial charge >= 0.3 is 12.1 Å². The van der Waals surface area contributed by atoms with Gasteiger partial charge < -0.3 is 9.84 Å². The van der Waals surface area contributed by atoms with Crippen molar-refractivity contribution in [3.8, 4) is 16.9 Å². The lowest BCUT2D eigenvalue weighted by molar-refractivity contribution is -0.152. The largest absolute Gasteiger partial charge is 0.478 e. The number of carboxylic acid groups (broad SMARTS) is 1. The summed E-state index contributed by atoms with van der Waals surface area (Å²) >= 11 is 0. The van der Waals surface area contributed by atoms with Gasteiger partial charge in [0.2, 0.25) is 0 Å². The number of carbonyl (C=O) groups is 1. The number of hydrogen-bond acceptors (Lipinski definition) is 4. The van der Waals surface area contributed by atoms with Gasteiger partial charge in [-0.25, -0.2) is 13.2 Å². The van der Waals surface area contributed by atoms with Gasteiger partial charge in [0.25, 0.3) is 0 Å². The van der Waals surface area contributed by atoms with Crippen LogP contribution < -0.4 is 4.74 Å². The zero-order valence-corrected chi connectivity index (χ0v) is 17.1. The summed E-state index contributed by atoms with van der Waals surface area (Å²) in [6, 6.07) is 6.83. The van der Waals surface area contributed by atoms with Crippen molar-refractivity contribution in [1.29, 1.82) is 0 Å². The predicted molar refractivity (Wildman–Crippen MR) is 102 cm³/mol. The molecule has 2 aromatic rings. The minimum Gasteiger partial charge on any atom is -0.478 e. The minimum absolute atomic E-state index is 0.0205. The second-order valence-corrected chi connectivity index (χ2v) is 9.28. The number of benzene rings is 2. The zero-order valence-electron chi connectivity index (χ0n) is 16.3. The van der Waals surface area contributed by atoms with Gasteiger partial charge in [-0.1, -0.05) is 13.0 Å². The monoisotopic (exact) mass is 430 g/mol. The smallest absolute Gasteiger partial charge is 0.416 e. The molecule has 0 aliphatic heterocycles. The molecule has 0 saturated carbocycles. The quantitative estimate of drug-likeness (QED) is 0.718. The van der Waals surface area contributed by atoms with Crippen molar-refractivity contribution < 1.29 is 36.2 Å². The third-order valence-electron chi connectivity index (χ3n) is 4.41. The summed E-state index contributed by atoms with van der Waals surface area (Å²) in [7, 11) is -3.49. The number of rotatable bonds is 6. The molecule has 0 aliphatic carbocycles. The van der Waals surface area contributed by atoms with Crippen molar-refractivity contribution in [1.82, 2.24) is 0 Å². The fourth-order valence-corrected chi connectivity index (χ4v) is 3.59. The lowest BCUT2D eigenvalue weighted by Gasteiger charge is -2.24. The first-order valence-electron chi connectivity index (χ1n) is 8.66. The van der Waals surface area contributed by atoms with Crippen molar-refractivity contribution >= 4 is 15.8 Å². The van der Waals surface area contributed by atoms with Gasteiger partial charge in [0.1, 0.15) is 5.75 Å². The SMILES string of the molecule is CCS(=O)(=O)c1ccc(-c2cc(C(F)(F)F)ccc2OC(C)(C)C(=O)O)c(C)c1. The van der Waals surface area contributed by atoms with Crippen molar-refractivity contribution in [2.75, 3.05) is 5.75 Å². The molecule has 9 heteroatoms. The van der Waals surface area contributed by atoms with E-state index >= 15 is 0 Å². The van der Waals surface area contributed by atoms with Crippen LogP contribution in [-0.4, -0.2) is 30.8 Å². The van der Waals surface area contributed by atoms with Crippen LogP contribution in [0.15, 0.2) is 41.3 Å². The summed E-state index contributed by atoms with van der Waals surface area (Å²) in [4.78, 5) is 11.4. The number of halogens is 3. The van der Waals surface area contributed by atoms with Crippen LogP contribution in [0.4, 0.5) is 13.2 Å². The highest BCUT2D eigenvalue weighted by Gasteiger charge is 2.34. The first-order valence-corrected chi connectivity index (χ1v) is 10.3. The maximum atomic E-state index is 13.2. The standard InChI is InChI=1S/C20H21F3O5S/c1-5-29(26,27)14-7-8-15(12(2)10-14)16-11-13(20(21,22)23)6-9-17(16)28-19(3,4)18(24)25/h6-11H,5H2,1-4H3,(H,24,25). The van der Waals surface area contributed by atoms with E-state index < -0.39 is 33.1 Å². The van der Waals surface area contributed by atoms with E-state index in [4.69, 9.17) is 4.74 Å². The molecule has 0 aliphatic rings. The summed E-state index contributed by atoms with van der Waals surface area (Å²) < 4.78 is 69.4. The van der Waals surface area contributed by atoms with Crippen molar-refractivity contribution in [2.45, 2.75) is 44.4 Å². The fraction of sp³-hybridized carbons (Fsp3) is 0.350. The van der Waals surface area contributed by atoms with E-state index in [1.165, 1.54) is 39.0 Å². The normalized spacial score (nSPS) is 12.7. The van der Waals surface area contributed by atoms with E-state index in [9.17, 15) is 31.5 Å². The van der Waals surface area contributed by atoms with Crippen LogP contribution in [0.2, 0.25) is 0 Å². The van der Waals surface area contributed by atoms with E-state index in [0.717, 1.165) is 18.2 Å². The van der Waals surface area contributed by atoms with Gasteiger partial charge in [-0.05, 0) is 62.2 Å². The molecule has 0 fully saturated rings. The molecule has 0 radical (unpaired) electrons. The molecule has 0 heterocycles. The molecular weight excluding hydrogens is 409 g/mol. The Kier molecular flexibility index (Phi) is 6.04. The molecule has 0 aromatic heterocycles. The average molecular weight is 430 g/mol. The molecule has 0 saturated heterocycles. The second kappa shape index (κ2) is 7.70. The minimum atomic E-state index is -4.62. The average Bonchev–Trinajstić information content (AvgIpc) is 2.60. The maximum absolute atomic E-state index is 13.2. The topological polar surface area (TPSA) is 80.7 Å². The fourth-order valence-electron chi connectivity index (χ4n) is 2.62. The van der Waals surface area contributed by atoms with E-state index in [1.54, 1.807) is 6.92 Å². The van der Waals surface area contributed by atoms with Crippen LogP contribution in [0.25, 0.3) is 11.1 Å². The molecule has 0 amide bonds. The third kappa shape index (κ3) is 4.90. The van der Waals surface area contributed by atoms with Gasteiger partial charge in [-0.2, -0.15) is 13.2 Å². The number of carboxylic acids is 1. The van der Waals surface area contributed by atoms with Crippen molar-refractivity contribution in [2.24, 2.45) is 0 Å². The van der Waals surface area contributed by atoms with Crippen LogP contribution in [0.1, 0.15) is 31.9 Å². The highest BCUT2D eigenvalue weighted by molar-refractivity contribution is 7.91. The number of aryl methyl sites for hydroxylation is 1. The van der Waals surface area contributed by atoms with Gasteiger partial charge in [0, 0.05) is 5.56 Å². The molecule has 0 spiro atoms. The molecule has 0 bridgehead atoms. The molecule has 158 valence electrons. The highest BCUT2D eigenvalue weighted by Crippen LogP contribution is 2.40. The van der Waals surface area contributed by atoms with Crippen LogP contribution >= 0.6 is 0 Å². The van der Waals surface area contributed by atoms with Crippen molar-refractivity contribution in [3.63, 3.8) is 0 Å². The molecular formula is C20H21F3O5S. The molecule has 2 rings (SSSR count). The van der Waals surface area contributed by atoms with E-state index in [2.05, 4.69) is 0 Å². The lowest BCUT2D eigenvalue weighted by Crippen LogP contribution is -2.38. The number of alkyl halides is 3. The highest BCUT2D eigenvalue weighted by atomic mass is 32.2. The Hall–Kier alpha value is -2.55. The van der Waals surface area contributed by atoms with Gasteiger partial charge in [-0.3, -0.25) is 0 Å². The van der Waals surface area contributed by atoms with Crippen LogP contribution in [0.5, 0.6) is 5.75 Å². The Morgan fingerprint density at radius 1 is 1.07 bits per heavy atom. The first-order chi connectivity index (χ1) is 13.2. The first kappa shape index (κ1) is 22.7. The summed E-state index contributed by atoms with van der Waals surface area (Å²) in [5.41, 5.74) is -1.88. The van der Waals surface area contributed by atoms with Gasteiger partial charge in [0.05, 0.1) is 16.2 Å². The molecule has 1 N–H and O–H groups in total. The van der Waals surface area contributed by atoms with Crippen LogP contribution in [0.3, 0.4) is 0 Å². The lowest BCUT2D eigenvalue weighted by atomic mass is 9.97. The summed E-state index contributed by atoms with van der Waals surface area (Å²) in [5.74, 6) is -1.46. The Morgan fingerprint density at radius 3 is 2.17 bits per heavy atom. The van der Waals surface area contributed by atoms with Gasteiger partial charge in [-0.15, -0.1) is 0 Å². The molecule has 0 unspecified atom stereocenters. The zero-order chi connectivity index (χ0) is 22.2. The summed E-state index contributed by atoms with van der Waals surface area (Å²) in [5, 5.41) is 9.28. The Labute approximate surface area is 167 Å². The van der Waals surface area contributed by atoms with E-state index in [1.807, 2.05) is 0 Å². The Bertz CT molecular complexity index is 1040. The molecule has 0 atom stereocenters. The summed E-state index contributed by atoms with van der Waals surface area (Å²) in [6.45, 7) is 5.61. The Balaban J connectivity index is 2.70. The Morgan fingerprint density at radius 2 is 1.69 bits per heavy atom. The molecule has 2 aromatic carbocycles. The van der Waals surface area contributed by atoms with Crippen molar-refractivity contribution in [3.05, 3.63) is 47.5 Å². The van der Waals surface area contributed by atoms with Crippen LogP contribution in [-0.2, 0) is 20.8 Å². The maximum Gasteiger partial charge on any atom is 0.416 e. The predicted octanol–water partition coefficient (Wildman–Crippen LogP) is 4.72. The van der Waals surface area contributed by atoms with Gasteiger partial charge in [0.15, 0.2) is 15.4 Å². The number of sulfone groups is 1. The van der Waals surface area contributed by atoms with Crippen LogP contribution in [0, 0.1) is 6.92 Å². The molecule has 29 heavy (non-hydrogen) atoms. The number of ether oxygens (including phenoxy) is 1. The van der Waals surface area contributed by atoms with E-state index in [0.29, 0.717) is 11.1 Å². The summed E-state index contributed by atoms with van der Waals surface area (Å²) in [6.07, 6.45) is -4.62. The second-order valence-electron chi connectivity index (χ2n) is 7.01. The third-order valence-corrected chi connectivity index (χ3v) is 6.15. The number of hydrogen-bond donors (Lipinski definition) is 1. The molecule has 5 nitrogen and oxygen atoms in total. The van der Waals surface area contributed by atoms with E-state index in [-0.39, 0.29) is 22.0 Å². The number of aliphatic carboxylic acids is 1.